The Balaban J connectivity index is 2.54. The Bertz CT molecular complexity index is 574. The van der Waals surface area contributed by atoms with Crippen LogP contribution >= 0.6 is 0 Å². The molecule has 1 atom stereocenters. The van der Waals surface area contributed by atoms with Crippen LogP contribution < -0.4 is 0 Å². The lowest BCUT2D eigenvalue weighted by Crippen LogP contribution is -2.04. The zero-order valence-electron chi connectivity index (χ0n) is 10.1. The standard InChI is InChI=1S/C12H15N3O2/c1-7(6-10(16)17)9-4-5-13-12-11(9)14-8(2)15(12)3/h4-5,7H,6H2,1-3H3,(H,16,17). The van der Waals surface area contributed by atoms with Crippen molar-refractivity contribution in [3.63, 3.8) is 0 Å². The monoisotopic (exact) mass is 233 g/mol. The van der Waals surface area contributed by atoms with Crippen molar-refractivity contribution >= 4 is 17.1 Å². The number of aliphatic carboxylic acids is 1. The minimum atomic E-state index is -0.796. The van der Waals surface area contributed by atoms with Gasteiger partial charge < -0.3 is 9.67 Å². The predicted molar refractivity (Wildman–Crippen MR) is 63.9 cm³/mol. The number of aromatic nitrogens is 3. The lowest BCUT2D eigenvalue weighted by Gasteiger charge is -2.09. The van der Waals surface area contributed by atoms with Crippen LogP contribution in [0.4, 0.5) is 0 Å². The van der Waals surface area contributed by atoms with Crippen molar-refractivity contribution in [1.29, 1.82) is 0 Å². The molecular formula is C12H15N3O2. The maximum Gasteiger partial charge on any atom is 0.303 e. The second-order valence-corrected chi connectivity index (χ2v) is 4.29. The maximum atomic E-state index is 10.8. The summed E-state index contributed by atoms with van der Waals surface area (Å²) in [6, 6.07) is 1.85. The van der Waals surface area contributed by atoms with Gasteiger partial charge in [0.05, 0.1) is 6.42 Å². The van der Waals surface area contributed by atoms with Gasteiger partial charge in [-0.2, -0.15) is 0 Å². The Hall–Kier alpha value is -1.91. The summed E-state index contributed by atoms with van der Waals surface area (Å²) in [7, 11) is 1.91. The van der Waals surface area contributed by atoms with E-state index in [1.807, 2.05) is 31.5 Å². The second kappa shape index (κ2) is 4.16. The van der Waals surface area contributed by atoms with Gasteiger partial charge in [0.15, 0.2) is 5.65 Å². The van der Waals surface area contributed by atoms with Crippen molar-refractivity contribution in [2.24, 2.45) is 7.05 Å². The summed E-state index contributed by atoms with van der Waals surface area (Å²) in [6.07, 6.45) is 1.81. The van der Waals surface area contributed by atoms with E-state index in [0.717, 1.165) is 22.6 Å². The van der Waals surface area contributed by atoms with Crippen LogP contribution in [-0.2, 0) is 11.8 Å². The first-order valence-corrected chi connectivity index (χ1v) is 5.50. The average molecular weight is 233 g/mol. The van der Waals surface area contributed by atoms with Gasteiger partial charge >= 0.3 is 5.97 Å². The second-order valence-electron chi connectivity index (χ2n) is 4.29. The van der Waals surface area contributed by atoms with E-state index in [-0.39, 0.29) is 12.3 Å². The molecule has 0 saturated heterocycles. The minimum absolute atomic E-state index is 0.0627. The average Bonchev–Trinajstić information content (AvgIpc) is 2.54. The van der Waals surface area contributed by atoms with Crippen LogP contribution in [0.5, 0.6) is 0 Å². The lowest BCUT2D eigenvalue weighted by molar-refractivity contribution is -0.137. The molecule has 0 spiro atoms. The van der Waals surface area contributed by atoms with Gasteiger partial charge in [0.2, 0.25) is 0 Å². The number of rotatable bonds is 3. The van der Waals surface area contributed by atoms with Crippen LogP contribution in [0, 0.1) is 6.92 Å². The number of fused-ring (bicyclic) bond motifs is 1. The SMILES string of the molecule is Cc1nc2c(C(C)CC(=O)O)ccnc2n1C. The summed E-state index contributed by atoms with van der Waals surface area (Å²) in [5.74, 6) is 0.0184. The lowest BCUT2D eigenvalue weighted by atomic mass is 9.98. The number of carboxylic acid groups (broad SMARTS) is 1. The molecule has 2 rings (SSSR count). The molecule has 0 aliphatic heterocycles. The normalized spacial score (nSPS) is 12.9. The minimum Gasteiger partial charge on any atom is -0.481 e. The highest BCUT2D eigenvalue weighted by atomic mass is 16.4. The summed E-state index contributed by atoms with van der Waals surface area (Å²) >= 11 is 0. The summed E-state index contributed by atoms with van der Waals surface area (Å²) in [4.78, 5) is 19.5. The largest absolute Gasteiger partial charge is 0.481 e. The van der Waals surface area contributed by atoms with Crippen molar-refractivity contribution in [3.05, 3.63) is 23.7 Å². The summed E-state index contributed by atoms with van der Waals surface area (Å²) in [6.45, 7) is 3.81. The predicted octanol–water partition coefficient (Wildman–Crippen LogP) is 1.85. The van der Waals surface area contributed by atoms with Crippen LogP contribution in [0.2, 0.25) is 0 Å². The fourth-order valence-corrected chi connectivity index (χ4v) is 1.98. The van der Waals surface area contributed by atoms with Gasteiger partial charge in [0, 0.05) is 13.2 Å². The summed E-state index contributed by atoms with van der Waals surface area (Å²) < 4.78 is 1.91. The quantitative estimate of drug-likeness (QED) is 0.878. The van der Waals surface area contributed by atoms with Gasteiger partial charge in [-0.05, 0) is 24.5 Å². The van der Waals surface area contributed by atoms with E-state index in [1.165, 1.54) is 0 Å². The summed E-state index contributed by atoms with van der Waals surface area (Å²) in [5.41, 5.74) is 2.56. The molecule has 1 unspecified atom stereocenters. The molecule has 0 aliphatic rings. The third-order valence-corrected chi connectivity index (χ3v) is 3.02. The molecule has 0 radical (unpaired) electrons. The molecule has 0 amide bonds. The molecule has 0 aliphatic carbocycles. The molecule has 17 heavy (non-hydrogen) atoms. The number of hydrogen-bond donors (Lipinski definition) is 1. The van der Waals surface area contributed by atoms with E-state index < -0.39 is 5.97 Å². The first kappa shape index (κ1) is 11.6. The van der Waals surface area contributed by atoms with Crippen molar-refractivity contribution < 1.29 is 9.90 Å². The Morgan fingerprint density at radius 2 is 2.29 bits per heavy atom. The van der Waals surface area contributed by atoms with Gasteiger partial charge in [0.25, 0.3) is 0 Å². The first-order valence-electron chi connectivity index (χ1n) is 5.50. The number of imidazole rings is 1. The smallest absolute Gasteiger partial charge is 0.303 e. The zero-order valence-corrected chi connectivity index (χ0v) is 10.1. The summed E-state index contributed by atoms with van der Waals surface area (Å²) in [5, 5.41) is 8.84. The molecular weight excluding hydrogens is 218 g/mol. The Morgan fingerprint density at radius 3 is 2.94 bits per heavy atom. The van der Waals surface area contributed by atoms with Crippen LogP contribution in [0.15, 0.2) is 12.3 Å². The third-order valence-electron chi connectivity index (χ3n) is 3.02. The first-order chi connectivity index (χ1) is 8.00. The molecule has 2 aromatic rings. The molecule has 90 valence electrons. The molecule has 2 heterocycles. The topological polar surface area (TPSA) is 68.0 Å². The van der Waals surface area contributed by atoms with E-state index >= 15 is 0 Å². The molecule has 0 saturated carbocycles. The van der Waals surface area contributed by atoms with E-state index in [0.29, 0.717) is 0 Å². The van der Waals surface area contributed by atoms with Crippen LogP contribution in [0.1, 0.15) is 30.7 Å². The van der Waals surface area contributed by atoms with Crippen LogP contribution in [-0.4, -0.2) is 25.6 Å². The molecule has 1 N–H and O–H groups in total. The number of nitrogens with zero attached hydrogens (tertiary/aromatic N) is 3. The highest BCUT2D eigenvalue weighted by Crippen LogP contribution is 2.26. The highest BCUT2D eigenvalue weighted by Gasteiger charge is 2.16. The number of pyridine rings is 1. The number of carboxylic acids is 1. The van der Waals surface area contributed by atoms with Gasteiger partial charge in [-0.3, -0.25) is 4.79 Å². The Morgan fingerprint density at radius 1 is 1.59 bits per heavy atom. The fourth-order valence-electron chi connectivity index (χ4n) is 1.98. The van der Waals surface area contributed by atoms with Gasteiger partial charge in [-0.15, -0.1) is 0 Å². The van der Waals surface area contributed by atoms with Crippen molar-refractivity contribution in [2.75, 3.05) is 0 Å². The van der Waals surface area contributed by atoms with E-state index in [4.69, 9.17) is 5.11 Å². The van der Waals surface area contributed by atoms with Crippen molar-refractivity contribution in [3.8, 4) is 0 Å². The fraction of sp³-hybridized carbons (Fsp3) is 0.417. The van der Waals surface area contributed by atoms with Gasteiger partial charge in [0.1, 0.15) is 11.3 Å². The molecule has 5 nitrogen and oxygen atoms in total. The van der Waals surface area contributed by atoms with Crippen LogP contribution in [0.25, 0.3) is 11.2 Å². The molecule has 0 bridgehead atoms. The number of hydrogen-bond acceptors (Lipinski definition) is 3. The molecule has 5 heteroatoms. The van der Waals surface area contributed by atoms with E-state index in [9.17, 15) is 4.79 Å². The molecule has 0 fully saturated rings. The maximum absolute atomic E-state index is 10.8. The number of aryl methyl sites for hydroxylation is 2. The van der Waals surface area contributed by atoms with Gasteiger partial charge in [-0.25, -0.2) is 9.97 Å². The Kier molecular flexibility index (Phi) is 2.83. The van der Waals surface area contributed by atoms with Crippen molar-refractivity contribution in [1.82, 2.24) is 14.5 Å². The highest BCUT2D eigenvalue weighted by molar-refractivity contribution is 5.77. The molecule has 0 aromatic carbocycles. The van der Waals surface area contributed by atoms with E-state index in [1.54, 1.807) is 6.20 Å². The van der Waals surface area contributed by atoms with Crippen molar-refractivity contribution in [2.45, 2.75) is 26.2 Å². The number of carbonyl (C=O) groups is 1. The Labute approximate surface area is 99.1 Å². The molecule has 2 aromatic heterocycles. The zero-order chi connectivity index (χ0) is 12.6. The van der Waals surface area contributed by atoms with E-state index in [2.05, 4.69) is 9.97 Å². The van der Waals surface area contributed by atoms with Gasteiger partial charge in [-0.1, -0.05) is 6.92 Å². The third kappa shape index (κ3) is 2.00. The van der Waals surface area contributed by atoms with Crippen LogP contribution in [0.3, 0.4) is 0 Å².